The Bertz CT molecular complexity index is 784. The van der Waals surface area contributed by atoms with Crippen molar-refractivity contribution in [3.8, 4) is 5.75 Å². The molecule has 0 aromatic carbocycles. The molecule has 1 saturated heterocycles. The van der Waals surface area contributed by atoms with Gasteiger partial charge in [0.15, 0.2) is 0 Å². The number of morpholine rings is 1. The fraction of sp³-hybridized carbons (Fsp3) is 0.714. The van der Waals surface area contributed by atoms with Crippen LogP contribution in [-0.4, -0.2) is 80.9 Å². The third kappa shape index (κ3) is 13.3. The molecule has 2 unspecified atom stereocenters. The summed E-state index contributed by atoms with van der Waals surface area (Å²) in [6.45, 7) is 11.8. The molecule has 1 aliphatic heterocycles. The van der Waals surface area contributed by atoms with Crippen molar-refractivity contribution in [2.45, 2.75) is 65.4 Å². The zero-order valence-corrected chi connectivity index (χ0v) is 22.2. The second-order valence-corrected chi connectivity index (χ2v) is 10.2. The van der Waals surface area contributed by atoms with E-state index in [-0.39, 0.29) is 31.8 Å². The van der Waals surface area contributed by atoms with E-state index in [1.807, 2.05) is 46.0 Å². The number of ether oxygens (including phenoxy) is 3. The molecule has 0 spiro atoms. The van der Waals surface area contributed by atoms with Gasteiger partial charge in [0.1, 0.15) is 18.0 Å². The molecule has 37 heavy (non-hydrogen) atoms. The van der Waals surface area contributed by atoms with Crippen LogP contribution in [0.3, 0.4) is 0 Å². The quantitative estimate of drug-likeness (QED) is 0.403. The molecule has 2 heterocycles. The lowest BCUT2D eigenvalue weighted by atomic mass is 9.77. The molecule has 1 aromatic heterocycles. The number of alkyl halides is 2. The van der Waals surface area contributed by atoms with Crippen LogP contribution >= 0.6 is 0 Å². The number of rotatable bonds is 11. The van der Waals surface area contributed by atoms with Crippen molar-refractivity contribution in [1.29, 1.82) is 0 Å². The van der Waals surface area contributed by atoms with Crippen molar-refractivity contribution in [2.75, 3.05) is 53.0 Å². The van der Waals surface area contributed by atoms with Gasteiger partial charge in [-0.05, 0) is 63.8 Å². The number of carbonyl (C=O) groups excluding carboxylic acids is 1. The normalized spacial score (nSPS) is 21.9. The largest absolute Gasteiger partial charge is 0.491 e. The first-order valence-corrected chi connectivity index (χ1v) is 12.8. The summed E-state index contributed by atoms with van der Waals surface area (Å²) in [5.41, 5.74) is 0.487. The Morgan fingerprint density at radius 2 is 2.03 bits per heavy atom. The number of hydrogen-bond acceptors (Lipinski definition) is 7. The second kappa shape index (κ2) is 16.7. The summed E-state index contributed by atoms with van der Waals surface area (Å²) < 4.78 is 42.6. The van der Waals surface area contributed by atoms with Gasteiger partial charge in [-0.25, -0.2) is 8.78 Å². The minimum atomic E-state index is -2.47. The highest BCUT2D eigenvalue weighted by Crippen LogP contribution is 2.41. The maximum Gasteiger partial charge on any atom is 0.293 e. The SMILES string of the molecule is C.CC1CC(F)(F)CCC1C/C=C/c1ccc(OCCN2CCOCC2)cn1.CNCC(C)(C)OC=O. The predicted octanol–water partition coefficient (Wildman–Crippen LogP) is 5.06. The van der Waals surface area contributed by atoms with E-state index in [2.05, 4.69) is 21.3 Å². The molecule has 0 radical (unpaired) electrons. The van der Waals surface area contributed by atoms with Gasteiger partial charge in [0.2, 0.25) is 5.92 Å². The van der Waals surface area contributed by atoms with Gasteiger partial charge < -0.3 is 19.5 Å². The van der Waals surface area contributed by atoms with Crippen molar-refractivity contribution < 1.29 is 27.8 Å². The van der Waals surface area contributed by atoms with Crippen LogP contribution < -0.4 is 10.1 Å². The fourth-order valence-electron chi connectivity index (χ4n) is 4.43. The molecule has 1 aromatic rings. The third-order valence-corrected chi connectivity index (χ3v) is 6.54. The number of nitrogens with one attached hydrogen (secondary N) is 1. The maximum absolute atomic E-state index is 13.4. The molecule has 1 aliphatic carbocycles. The molecular formula is C28H47F2N3O4. The Labute approximate surface area is 221 Å². The second-order valence-electron chi connectivity index (χ2n) is 10.2. The van der Waals surface area contributed by atoms with Crippen LogP contribution in [0, 0.1) is 11.8 Å². The van der Waals surface area contributed by atoms with E-state index in [1.54, 1.807) is 6.20 Å². The summed E-state index contributed by atoms with van der Waals surface area (Å²) in [6.07, 6.45) is 7.23. The molecular weight excluding hydrogens is 480 g/mol. The summed E-state index contributed by atoms with van der Waals surface area (Å²) in [5, 5.41) is 2.91. The smallest absolute Gasteiger partial charge is 0.293 e. The highest BCUT2D eigenvalue weighted by molar-refractivity contribution is 5.45. The van der Waals surface area contributed by atoms with Crippen LogP contribution in [-0.2, 0) is 14.3 Å². The number of nitrogens with zero attached hydrogens (tertiary/aromatic N) is 2. The Morgan fingerprint density at radius 1 is 1.30 bits per heavy atom. The molecule has 0 amide bonds. The summed E-state index contributed by atoms with van der Waals surface area (Å²) >= 11 is 0. The van der Waals surface area contributed by atoms with Crippen molar-refractivity contribution in [3.05, 3.63) is 30.1 Å². The molecule has 2 aliphatic rings. The van der Waals surface area contributed by atoms with Crippen LogP contribution in [0.15, 0.2) is 24.4 Å². The molecule has 2 fully saturated rings. The number of hydrogen-bond donors (Lipinski definition) is 1. The van der Waals surface area contributed by atoms with E-state index >= 15 is 0 Å². The Morgan fingerprint density at radius 3 is 2.62 bits per heavy atom. The standard InChI is InChI=1S/C21H30F2N2O2.C6H13NO2.CH4/c1-17-15-21(22,23)8-7-18(17)3-2-4-19-5-6-20(16-24-19)27-14-11-25-9-12-26-13-10-25;1-6(2,4-7-3)9-5-8;/h2,4-6,16-18H,3,7-15H2,1H3;5,7H,4H2,1-3H3;1H4/b4-2+;;. The van der Waals surface area contributed by atoms with E-state index in [1.165, 1.54) is 0 Å². The first-order valence-electron chi connectivity index (χ1n) is 12.8. The van der Waals surface area contributed by atoms with Gasteiger partial charge in [-0.15, -0.1) is 0 Å². The minimum absolute atomic E-state index is 0. The number of carbonyl (C=O) groups is 1. The van der Waals surface area contributed by atoms with Gasteiger partial charge in [0, 0.05) is 39.0 Å². The van der Waals surface area contributed by atoms with Gasteiger partial charge in [0.05, 0.1) is 25.1 Å². The molecule has 9 heteroatoms. The first kappa shape index (κ1) is 32.9. The predicted molar refractivity (Wildman–Crippen MR) is 144 cm³/mol. The van der Waals surface area contributed by atoms with Gasteiger partial charge in [-0.3, -0.25) is 14.7 Å². The van der Waals surface area contributed by atoms with Crippen molar-refractivity contribution in [2.24, 2.45) is 11.8 Å². The maximum atomic E-state index is 13.4. The molecule has 7 nitrogen and oxygen atoms in total. The summed E-state index contributed by atoms with van der Waals surface area (Å²) in [5.74, 6) is -1.31. The monoisotopic (exact) mass is 527 g/mol. The van der Waals surface area contributed by atoms with Crippen molar-refractivity contribution >= 4 is 12.5 Å². The van der Waals surface area contributed by atoms with Crippen molar-refractivity contribution in [3.63, 3.8) is 0 Å². The van der Waals surface area contributed by atoms with E-state index in [0.717, 1.165) is 50.7 Å². The lowest BCUT2D eigenvalue weighted by Crippen LogP contribution is -2.38. The molecule has 3 rings (SSSR count). The van der Waals surface area contributed by atoms with E-state index < -0.39 is 5.92 Å². The zero-order valence-electron chi connectivity index (χ0n) is 22.2. The molecule has 1 N–H and O–H groups in total. The molecule has 0 bridgehead atoms. The van der Waals surface area contributed by atoms with Crippen LogP contribution in [0.4, 0.5) is 8.78 Å². The van der Waals surface area contributed by atoms with Crippen LogP contribution in [0.1, 0.15) is 59.6 Å². The topological polar surface area (TPSA) is 72.9 Å². The van der Waals surface area contributed by atoms with Crippen molar-refractivity contribution in [1.82, 2.24) is 15.2 Å². The number of halogens is 2. The summed E-state index contributed by atoms with van der Waals surface area (Å²) in [6, 6.07) is 3.86. The van der Waals surface area contributed by atoms with Crippen LogP contribution in [0.2, 0.25) is 0 Å². The number of allylic oxidation sites excluding steroid dienone is 1. The van der Waals surface area contributed by atoms with Crippen LogP contribution in [0.25, 0.3) is 6.08 Å². The van der Waals surface area contributed by atoms with Gasteiger partial charge >= 0.3 is 0 Å². The fourth-order valence-corrected chi connectivity index (χ4v) is 4.43. The van der Waals surface area contributed by atoms with Gasteiger partial charge in [-0.1, -0.05) is 20.4 Å². The Balaban J connectivity index is 0.000000589. The van der Waals surface area contributed by atoms with E-state index in [9.17, 15) is 13.6 Å². The third-order valence-electron chi connectivity index (χ3n) is 6.54. The summed E-state index contributed by atoms with van der Waals surface area (Å²) in [4.78, 5) is 16.6. The average molecular weight is 528 g/mol. The molecule has 212 valence electrons. The van der Waals surface area contributed by atoms with E-state index in [0.29, 0.717) is 32.0 Å². The zero-order chi connectivity index (χ0) is 26.4. The number of aromatic nitrogens is 1. The average Bonchev–Trinajstić information content (AvgIpc) is 2.82. The Kier molecular flexibility index (Phi) is 14.8. The van der Waals surface area contributed by atoms with Gasteiger partial charge in [-0.2, -0.15) is 0 Å². The number of likely N-dealkylation sites (N-methyl/N-ethyl adjacent to an activating group) is 1. The highest BCUT2D eigenvalue weighted by Gasteiger charge is 2.38. The molecule has 2 atom stereocenters. The minimum Gasteiger partial charge on any atom is -0.491 e. The highest BCUT2D eigenvalue weighted by atomic mass is 19.3. The van der Waals surface area contributed by atoms with E-state index in [4.69, 9.17) is 14.2 Å². The summed E-state index contributed by atoms with van der Waals surface area (Å²) in [7, 11) is 1.82. The van der Waals surface area contributed by atoms with Gasteiger partial charge in [0.25, 0.3) is 6.47 Å². The lowest BCUT2D eigenvalue weighted by molar-refractivity contribution is -0.139. The Hall–Kier alpha value is -2.10. The number of pyridine rings is 1. The molecule has 1 saturated carbocycles. The lowest BCUT2D eigenvalue weighted by Gasteiger charge is -2.33. The van der Waals surface area contributed by atoms with Crippen LogP contribution in [0.5, 0.6) is 5.75 Å². The first-order chi connectivity index (χ1) is 17.1.